The van der Waals surface area contributed by atoms with Crippen molar-refractivity contribution in [3.05, 3.63) is 0 Å². The minimum atomic E-state index is -0.163. The Kier molecular flexibility index (Phi) is 4.55. The molecule has 1 aliphatic heterocycles. The number of rotatable bonds is 3. The number of amides is 2. The number of likely N-dealkylation sites (tertiary alicyclic amines) is 1. The number of hydrogen-bond acceptors (Lipinski definition) is 3. The zero-order valence-corrected chi connectivity index (χ0v) is 9.16. The molecule has 1 unspecified atom stereocenters. The Labute approximate surface area is 90.0 Å². The number of hydrogen-bond donors (Lipinski definition) is 2. The first-order valence-corrected chi connectivity index (χ1v) is 5.47. The van der Waals surface area contributed by atoms with Gasteiger partial charge in [0, 0.05) is 19.5 Å². The molecule has 2 amide bonds. The van der Waals surface area contributed by atoms with Crippen LogP contribution in [-0.2, 0) is 9.59 Å². The Balaban J connectivity index is 2.48. The summed E-state index contributed by atoms with van der Waals surface area (Å²) in [5.41, 5.74) is 2.15. The highest BCUT2D eigenvalue weighted by Gasteiger charge is 2.27. The van der Waals surface area contributed by atoms with E-state index in [0.717, 1.165) is 25.8 Å². The summed E-state index contributed by atoms with van der Waals surface area (Å²) in [6.07, 6.45) is 3.12. The lowest BCUT2D eigenvalue weighted by molar-refractivity contribution is -0.135. The van der Waals surface area contributed by atoms with Crippen LogP contribution in [0.3, 0.4) is 0 Å². The number of nitrogens with zero attached hydrogens (tertiary/aromatic N) is 1. The zero-order valence-electron chi connectivity index (χ0n) is 9.16. The Morgan fingerprint density at radius 1 is 1.53 bits per heavy atom. The van der Waals surface area contributed by atoms with Crippen molar-refractivity contribution in [3.8, 4) is 0 Å². The van der Waals surface area contributed by atoms with Crippen molar-refractivity contribution in [3.63, 3.8) is 0 Å². The summed E-state index contributed by atoms with van der Waals surface area (Å²) >= 11 is 0. The van der Waals surface area contributed by atoms with Gasteiger partial charge in [0.2, 0.25) is 11.8 Å². The molecule has 0 bridgehead atoms. The third-order valence-corrected chi connectivity index (χ3v) is 2.75. The normalized spacial score (nSPS) is 21.2. The predicted molar refractivity (Wildman–Crippen MR) is 56.5 cm³/mol. The Bertz CT molecular complexity index is 243. The molecule has 1 fully saturated rings. The molecular weight excluding hydrogens is 194 g/mol. The number of nitrogens with two attached hydrogens (primary N) is 1. The van der Waals surface area contributed by atoms with Crippen molar-refractivity contribution in [2.75, 3.05) is 13.1 Å². The van der Waals surface area contributed by atoms with E-state index in [-0.39, 0.29) is 17.7 Å². The van der Waals surface area contributed by atoms with E-state index in [0.29, 0.717) is 13.0 Å². The summed E-state index contributed by atoms with van der Waals surface area (Å²) in [5.74, 6) is 4.93. The smallest absolute Gasteiger partial charge is 0.238 e. The molecule has 0 aromatic heterocycles. The number of hydrazine groups is 1. The molecule has 0 saturated carbocycles. The first-order chi connectivity index (χ1) is 7.19. The number of carbonyl (C=O) groups excluding carboxylic acids is 2. The Morgan fingerprint density at radius 3 is 2.87 bits per heavy atom. The van der Waals surface area contributed by atoms with E-state index < -0.39 is 0 Å². The molecule has 1 rings (SSSR count). The maximum Gasteiger partial charge on any atom is 0.238 e. The molecular formula is C10H19N3O2. The standard InChI is InChI=1S/C10H19N3O2/c1-2-4-9(14)13-6-3-5-8(7-13)10(15)12-11/h8H,2-7,11H2,1H3,(H,12,15). The van der Waals surface area contributed by atoms with E-state index in [1.165, 1.54) is 0 Å². The second-order valence-electron chi connectivity index (χ2n) is 3.94. The molecule has 0 aromatic rings. The van der Waals surface area contributed by atoms with Crippen LogP contribution in [0.4, 0.5) is 0 Å². The highest BCUT2D eigenvalue weighted by molar-refractivity contribution is 5.80. The zero-order chi connectivity index (χ0) is 11.3. The van der Waals surface area contributed by atoms with E-state index in [1.807, 2.05) is 6.92 Å². The molecule has 5 nitrogen and oxygen atoms in total. The monoisotopic (exact) mass is 213 g/mol. The van der Waals surface area contributed by atoms with Crippen LogP contribution in [0.5, 0.6) is 0 Å². The van der Waals surface area contributed by atoms with Gasteiger partial charge in [0.25, 0.3) is 0 Å². The van der Waals surface area contributed by atoms with E-state index in [2.05, 4.69) is 5.43 Å². The van der Waals surface area contributed by atoms with Crippen LogP contribution in [0, 0.1) is 5.92 Å². The summed E-state index contributed by atoms with van der Waals surface area (Å²) in [4.78, 5) is 24.7. The van der Waals surface area contributed by atoms with Crippen molar-refractivity contribution in [1.82, 2.24) is 10.3 Å². The number of nitrogens with one attached hydrogen (secondary N) is 1. The molecule has 1 heterocycles. The third-order valence-electron chi connectivity index (χ3n) is 2.75. The molecule has 0 radical (unpaired) electrons. The summed E-state index contributed by atoms with van der Waals surface area (Å²) in [7, 11) is 0. The average Bonchev–Trinajstić information content (AvgIpc) is 2.28. The van der Waals surface area contributed by atoms with Crippen molar-refractivity contribution >= 4 is 11.8 Å². The summed E-state index contributed by atoms with van der Waals surface area (Å²) in [5, 5.41) is 0. The van der Waals surface area contributed by atoms with Crippen LogP contribution in [0.15, 0.2) is 0 Å². The van der Waals surface area contributed by atoms with Crippen molar-refractivity contribution in [2.45, 2.75) is 32.6 Å². The fourth-order valence-electron chi connectivity index (χ4n) is 1.91. The summed E-state index contributed by atoms with van der Waals surface area (Å²) < 4.78 is 0. The maximum absolute atomic E-state index is 11.6. The van der Waals surface area contributed by atoms with Gasteiger partial charge in [0.1, 0.15) is 0 Å². The topological polar surface area (TPSA) is 75.4 Å². The Morgan fingerprint density at radius 2 is 2.27 bits per heavy atom. The van der Waals surface area contributed by atoms with Crippen LogP contribution >= 0.6 is 0 Å². The van der Waals surface area contributed by atoms with Gasteiger partial charge in [-0.2, -0.15) is 0 Å². The number of carbonyl (C=O) groups is 2. The third kappa shape index (κ3) is 3.20. The molecule has 1 aliphatic rings. The van der Waals surface area contributed by atoms with E-state index in [1.54, 1.807) is 4.90 Å². The summed E-state index contributed by atoms with van der Waals surface area (Å²) in [6, 6.07) is 0. The second-order valence-corrected chi connectivity index (χ2v) is 3.94. The maximum atomic E-state index is 11.6. The molecule has 5 heteroatoms. The lowest BCUT2D eigenvalue weighted by atomic mass is 9.97. The van der Waals surface area contributed by atoms with E-state index in [9.17, 15) is 9.59 Å². The quantitative estimate of drug-likeness (QED) is 0.394. The van der Waals surface area contributed by atoms with Crippen LogP contribution < -0.4 is 11.3 Å². The van der Waals surface area contributed by atoms with Gasteiger partial charge < -0.3 is 4.90 Å². The fourth-order valence-corrected chi connectivity index (χ4v) is 1.91. The lowest BCUT2D eigenvalue weighted by Crippen LogP contribution is -2.46. The van der Waals surface area contributed by atoms with Crippen molar-refractivity contribution < 1.29 is 9.59 Å². The van der Waals surface area contributed by atoms with Crippen LogP contribution in [0.1, 0.15) is 32.6 Å². The van der Waals surface area contributed by atoms with Gasteiger partial charge in [-0.25, -0.2) is 5.84 Å². The van der Waals surface area contributed by atoms with Gasteiger partial charge in [0.05, 0.1) is 5.92 Å². The molecule has 86 valence electrons. The second kappa shape index (κ2) is 5.70. The lowest BCUT2D eigenvalue weighted by Gasteiger charge is -2.31. The molecule has 1 saturated heterocycles. The molecule has 0 aliphatic carbocycles. The van der Waals surface area contributed by atoms with Gasteiger partial charge in [-0.3, -0.25) is 15.0 Å². The molecule has 1 atom stereocenters. The molecule has 0 aromatic carbocycles. The minimum absolute atomic E-state index is 0.135. The van der Waals surface area contributed by atoms with Crippen LogP contribution in [0.25, 0.3) is 0 Å². The van der Waals surface area contributed by atoms with Crippen LogP contribution in [0.2, 0.25) is 0 Å². The largest absolute Gasteiger partial charge is 0.342 e. The van der Waals surface area contributed by atoms with Gasteiger partial charge in [-0.05, 0) is 19.3 Å². The fraction of sp³-hybridized carbons (Fsp3) is 0.800. The van der Waals surface area contributed by atoms with Gasteiger partial charge >= 0.3 is 0 Å². The van der Waals surface area contributed by atoms with Gasteiger partial charge in [-0.1, -0.05) is 6.92 Å². The summed E-state index contributed by atoms with van der Waals surface area (Å²) in [6.45, 7) is 3.26. The minimum Gasteiger partial charge on any atom is -0.342 e. The highest BCUT2D eigenvalue weighted by atomic mass is 16.2. The molecule has 15 heavy (non-hydrogen) atoms. The van der Waals surface area contributed by atoms with E-state index >= 15 is 0 Å². The van der Waals surface area contributed by atoms with Crippen LogP contribution in [-0.4, -0.2) is 29.8 Å². The first-order valence-electron chi connectivity index (χ1n) is 5.47. The van der Waals surface area contributed by atoms with Crippen molar-refractivity contribution in [1.29, 1.82) is 0 Å². The highest BCUT2D eigenvalue weighted by Crippen LogP contribution is 2.17. The first kappa shape index (κ1) is 12.0. The van der Waals surface area contributed by atoms with Crippen molar-refractivity contribution in [2.24, 2.45) is 11.8 Å². The van der Waals surface area contributed by atoms with Gasteiger partial charge in [-0.15, -0.1) is 0 Å². The van der Waals surface area contributed by atoms with Gasteiger partial charge in [0.15, 0.2) is 0 Å². The molecule has 3 N–H and O–H groups in total. The number of piperidine rings is 1. The average molecular weight is 213 g/mol. The molecule has 0 spiro atoms. The van der Waals surface area contributed by atoms with E-state index in [4.69, 9.17) is 5.84 Å². The Hall–Kier alpha value is -1.10. The SMILES string of the molecule is CCCC(=O)N1CCCC(C(=O)NN)C1. The predicted octanol–water partition coefficient (Wildman–Crippen LogP) is 0.0150.